The number of ether oxygens (including phenoxy) is 1. The summed E-state index contributed by atoms with van der Waals surface area (Å²) in [7, 11) is 0. The fourth-order valence-electron chi connectivity index (χ4n) is 4.77. The van der Waals surface area contributed by atoms with Crippen molar-refractivity contribution in [3.63, 3.8) is 0 Å². The van der Waals surface area contributed by atoms with Crippen molar-refractivity contribution in [2.24, 2.45) is 5.41 Å². The number of rotatable bonds is 4. The third kappa shape index (κ3) is 2.24. The molecule has 0 unspecified atom stereocenters. The van der Waals surface area contributed by atoms with Crippen molar-refractivity contribution in [2.75, 3.05) is 6.61 Å². The van der Waals surface area contributed by atoms with Crippen LogP contribution in [0.2, 0.25) is 0 Å². The minimum absolute atomic E-state index is 0.0231. The number of carbonyl (C=O) groups excluding carboxylic acids is 1. The van der Waals surface area contributed by atoms with E-state index in [4.69, 9.17) is 4.74 Å². The van der Waals surface area contributed by atoms with Crippen LogP contribution in [0.25, 0.3) is 0 Å². The second kappa shape index (κ2) is 5.62. The summed E-state index contributed by atoms with van der Waals surface area (Å²) in [6.07, 6.45) is 8.23. The van der Waals surface area contributed by atoms with Crippen LogP contribution in [0.4, 0.5) is 0 Å². The number of nitrogens with zero attached hydrogens (tertiary/aromatic N) is 2. The summed E-state index contributed by atoms with van der Waals surface area (Å²) in [6, 6.07) is 0.265. The Hall–Kier alpha value is -1.36. The van der Waals surface area contributed by atoms with Gasteiger partial charge in [-0.05, 0) is 52.4 Å². The van der Waals surface area contributed by atoms with Crippen molar-refractivity contribution in [3.05, 3.63) is 17.2 Å². The molecule has 1 aliphatic heterocycles. The van der Waals surface area contributed by atoms with Gasteiger partial charge < -0.3 is 14.6 Å². The van der Waals surface area contributed by atoms with Gasteiger partial charge in [-0.25, -0.2) is 4.98 Å². The van der Waals surface area contributed by atoms with Crippen LogP contribution in [-0.4, -0.2) is 34.2 Å². The van der Waals surface area contributed by atoms with Gasteiger partial charge in [0.05, 0.1) is 11.8 Å². The van der Waals surface area contributed by atoms with E-state index in [0.29, 0.717) is 11.8 Å². The first-order chi connectivity index (χ1) is 11.2. The van der Waals surface area contributed by atoms with Gasteiger partial charge in [0.15, 0.2) is 0 Å². The molecule has 1 aromatic rings. The van der Waals surface area contributed by atoms with Crippen LogP contribution in [0, 0.1) is 12.3 Å². The molecule has 5 nitrogen and oxygen atoms in total. The van der Waals surface area contributed by atoms with Crippen LogP contribution < -0.4 is 5.32 Å². The highest BCUT2D eigenvalue weighted by Crippen LogP contribution is 2.57. The largest absolute Gasteiger partial charge is 0.378 e. The highest BCUT2D eigenvalue weighted by molar-refractivity contribution is 5.94. The Balaban J connectivity index is 1.49. The van der Waals surface area contributed by atoms with Gasteiger partial charge in [-0.3, -0.25) is 4.79 Å². The molecule has 0 radical (unpaired) electrons. The molecule has 5 heteroatoms. The Morgan fingerprint density at radius 3 is 2.91 bits per heavy atom. The zero-order valence-electron chi connectivity index (χ0n) is 14.2. The van der Waals surface area contributed by atoms with Crippen LogP contribution in [0.1, 0.15) is 67.5 Å². The van der Waals surface area contributed by atoms with Gasteiger partial charge >= 0.3 is 0 Å². The van der Waals surface area contributed by atoms with Crippen molar-refractivity contribution in [3.8, 4) is 0 Å². The number of hydrogen-bond acceptors (Lipinski definition) is 3. The minimum atomic E-state index is 0.0231. The fourth-order valence-corrected chi connectivity index (χ4v) is 4.77. The third-order valence-electron chi connectivity index (χ3n) is 6.27. The van der Waals surface area contributed by atoms with Gasteiger partial charge in [0, 0.05) is 24.6 Å². The minimum Gasteiger partial charge on any atom is -0.378 e. The number of fused-ring (bicyclic) bond motifs is 1. The number of amides is 1. The molecule has 1 amide bonds. The Bertz CT molecular complexity index is 618. The van der Waals surface area contributed by atoms with E-state index in [0.717, 1.165) is 43.9 Å². The maximum absolute atomic E-state index is 12.8. The summed E-state index contributed by atoms with van der Waals surface area (Å²) < 4.78 is 8.10. The van der Waals surface area contributed by atoms with E-state index in [9.17, 15) is 4.79 Å². The lowest BCUT2D eigenvalue weighted by Crippen LogP contribution is -2.67. The standard InChI is InChI=1S/C18H27N3O2/c1-3-23-15-11-14(18(15)8-6-9-18)20-17(22)16-13-7-4-5-10-21(13)12(2)19-16/h14-15H,3-11H2,1-2H3,(H,20,22)/t14-,15-/m0/s1. The lowest BCUT2D eigenvalue weighted by atomic mass is 9.51. The monoisotopic (exact) mass is 317 g/mol. The lowest BCUT2D eigenvalue weighted by Gasteiger charge is -2.60. The number of carbonyl (C=O) groups is 1. The van der Waals surface area contributed by atoms with Crippen molar-refractivity contribution in [1.29, 1.82) is 0 Å². The number of aryl methyl sites for hydroxylation is 1. The molecule has 2 atom stereocenters. The Kier molecular flexibility index (Phi) is 3.71. The number of hydrogen-bond donors (Lipinski definition) is 1. The van der Waals surface area contributed by atoms with Gasteiger partial charge in [0.2, 0.25) is 0 Å². The average molecular weight is 317 g/mol. The highest BCUT2D eigenvalue weighted by atomic mass is 16.5. The lowest BCUT2D eigenvalue weighted by molar-refractivity contribution is -0.169. The van der Waals surface area contributed by atoms with Crippen molar-refractivity contribution >= 4 is 5.91 Å². The third-order valence-corrected chi connectivity index (χ3v) is 6.27. The van der Waals surface area contributed by atoms with Crippen molar-refractivity contribution in [1.82, 2.24) is 14.9 Å². The molecule has 0 saturated heterocycles. The van der Waals surface area contributed by atoms with Gasteiger partial charge in [0.1, 0.15) is 11.5 Å². The quantitative estimate of drug-likeness (QED) is 0.928. The molecule has 2 heterocycles. The van der Waals surface area contributed by atoms with Crippen molar-refractivity contribution in [2.45, 2.75) is 77.5 Å². The first-order valence-corrected chi connectivity index (χ1v) is 9.14. The first-order valence-electron chi connectivity index (χ1n) is 9.14. The summed E-state index contributed by atoms with van der Waals surface area (Å²) in [5.74, 6) is 0.999. The molecule has 1 spiro atoms. The molecular formula is C18H27N3O2. The topological polar surface area (TPSA) is 56.1 Å². The average Bonchev–Trinajstić information content (AvgIpc) is 2.82. The van der Waals surface area contributed by atoms with E-state index >= 15 is 0 Å². The van der Waals surface area contributed by atoms with E-state index in [1.807, 2.05) is 6.92 Å². The van der Waals surface area contributed by atoms with Gasteiger partial charge in [0.25, 0.3) is 5.91 Å². The smallest absolute Gasteiger partial charge is 0.272 e. The number of imidazole rings is 1. The van der Waals surface area contributed by atoms with Gasteiger partial charge in [-0.15, -0.1) is 0 Å². The van der Waals surface area contributed by atoms with Crippen molar-refractivity contribution < 1.29 is 9.53 Å². The Morgan fingerprint density at radius 2 is 2.22 bits per heavy atom. The molecule has 1 N–H and O–H groups in total. The molecule has 4 rings (SSSR count). The first kappa shape index (κ1) is 15.2. The summed E-state index contributed by atoms with van der Waals surface area (Å²) >= 11 is 0. The van der Waals surface area contributed by atoms with Crippen LogP contribution in [0.5, 0.6) is 0 Å². The van der Waals surface area contributed by atoms with Gasteiger partial charge in [-0.1, -0.05) is 6.42 Å². The van der Waals surface area contributed by atoms with Gasteiger partial charge in [-0.2, -0.15) is 0 Å². The molecule has 23 heavy (non-hydrogen) atoms. The van der Waals surface area contributed by atoms with E-state index in [2.05, 4.69) is 21.8 Å². The zero-order chi connectivity index (χ0) is 16.0. The van der Waals surface area contributed by atoms with E-state index in [1.54, 1.807) is 0 Å². The van der Waals surface area contributed by atoms with Crippen LogP contribution >= 0.6 is 0 Å². The summed E-state index contributed by atoms with van der Waals surface area (Å²) in [6.45, 7) is 5.83. The molecule has 126 valence electrons. The Morgan fingerprint density at radius 1 is 1.39 bits per heavy atom. The molecule has 3 aliphatic rings. The predicted molar refractivity (Wildman–Crippen MR) is 87.5 cm³/mol. The molecule has 2 aliphatic carbocycles. The van der Waals surface area contributed by atoms with E-state index < -0.39 is 0 Å². The second-order valence-corrected chi connectivity index (χ2v) is 7.36. The molecular weight excluding hydrogens is 290 g/mol. The summed E-state index contributed by atoms with van der Waals surface area (Å²) in [5.41, 5.74) is 2.01. The van der Waals surface area contributed by atoms with Crippen LogP contribution in [-0.2, 0) is 17.7 Å². The molecule has 0 bridgehead atoms. The summed E-state index contributed by atoms with van der Waals surface area (Å²) in [5, 5.41) is 3.28. The molecule has 1 aromatic heterocycles. The molecule has 0 aromatic carbocycles. The summed E-state index contributed by atoms with van der Waals surface area (Å²) in [4.78, 5) is 17.4. The fraction of sp³-hybridized carbons (Fsp3) is 0.778. The zero-order valence-corrected chi connectivity index (χ0v) is 14.2. The maximum atomic E-state index is 12.8. The highest BCUT2D eigenvalue weighted by Gasteiger charge is 2.59. The van der Waals surface area contributed by atoms with Crippen LogP contribution in [0.15, 0.2) is 0 Å². The number of aromatic nitrogens is 2. The van der Waals surface area contributed by atoms with E-state index in [-0.39, 0.29) is 17.4 Å². The number of nitrogens with one attached hydrogen (secondary N) is 1. The Labute approximate surface area is 137 Å². The SMILES string of the molecule is CCO[C@H]1C[C@H](NC(=O)c2nc(C)n3c2CCCC3)C12CCC2. The maximum Gasteiger partial charge on any atom is 0.272 e. The predicted octanol–water partition coefficient (Wildman–Crippen LogP) is 2.61. The normalized spacial score (nSPS) is 27.9. The second-order valence-electron chi connectivity index (χ2n) is 7.36. The molecule has 2 fully saturated rings. The van der Waals surface area contributed by atoms with Crippen LogP contribution in [0.3, 0.4) is 0 Å². The van der Waals surface area contributed by atoms with E-state index in [1.165, 1.54) is 25.7 Å². The molecule has 2 saturated carbocycles.